The second-order valence-corrected chi connectivity index (χ2v) is 8.49. The molecule has 1 unspecified atom stereocenters. The normalized spacial score (nSPS) is 16.1. The van der Waals surface area contributed by atoms with E-state index in [1.807, 2.05) is 47.7 Å². The quantitative estimate of drug-likeness (QED) is 0.601. The molecule has 4 rings (SSSR count). The van der Waals surface area contributed by atoms with Crippen LogP contribution >= 0.6 is 23.2 Å². The van der Waals surface area contributed by atoms with Gasteiger partial charge in [0.15, 0.2) is 0 Å². The summed E-state index contributed by atoms with van der Waals surface area (Å²) in [6.45, 7) is 5.40. The average Bonchev–Trinajstić information content (AvgIpc) is 3.31. The van der Waals surface area contributed by atoms with Crippen molar-refractivity contribution in [3.05, 3.63) is 75.5 Å². The van der Waals surface area contributed by atoms with Crippen molar-refractivity contribution in [2.75, 3.05) is 18.4 Å². The summed E-state index contributed by atoms with van der Waals surface area (Å²) in [5.74, 6) is 0.132. The number of carbonyl (C=O) groups is 1. The highest BCUT2D eigenvalue weighted by Crippen LogP contribution is 2.27. The zero-order valence-electron chi connectivity index (χ0n) is 17.0. The number of hydrogen-bond donors (Lipinski definition) is 1. The fourth-order valence-corrected chi connectivity index (χ4v) is 4.23. The Morgan fingerprint density at radius 1 is 1.13 bits per heavy atom. The Morgan fingerprint density at radius 2 is 1.90 bits per heavy atom. The second-order valence-electron chi connectivity index (χ2n) is 7.67. The number of likely N-dealkylation sites (tertiary alicyclic amines) is 1. The van der Waals surface area contributed by atoms with Crippen LogP contribution < -0.4 is 5.32 Å². The average molecular weight is 443 g/mol. The molecule has 1 fully saturated rings. The largest absolute Gasteiger partial charge is 0.380 e. The van der Waals surface area contributed by atoms with Crippen LogP contribution in [-0.2, 0) is 11.2 Å². The van der Waals surface area contributed by atoms with Gasteiger partial charge in [0.2, 0.25) is 5.91 Å². The lowest BCUT2D eigenvalue weighted by atomic mass is 10.1. The lowest BCUT2D eigenvalue weighted by Crippen LogP contribution is -2.32. The summed E-state index contributed by atoms with van der Waals surface area (Å²) in [4.78, 5) is 14.9. The molecule has 5 nitrogen and oxygen atoms in total. The Morgan fingerprint density at radius 3 is 2.63 bits per heavy atom. The Kier molecular flexibility index (Phi) is 6.02. The number of benzene rings is 2. The van der Waals surface area contributed by atoms with Crippen LogP contribution in [0.15, 0.2) is 48.5 Å². The van der Waals surface area contributed by atoms with Gasteiger partial charge in [-0.15, -0.1) is 0 Å². The fourth-order valence-electron chi connectivity index (χ4n) is 3.94. The number of anilines is 1. The maximum Gasteiger partial charge on any atom is 0.227 e. The van der Waals surface area contributed by atoms with E-state index in [-0.39, 0.29) is 11.9 Å². The maximum absolute atomic E-state index is 13.0. The standard InChI is InChI=1S/C23H24Cl2N4O/c1-15-20(16(2)29(27-15)19-8-9-21(24)22(25)12-19)13-23(30)28-11-10-18(14-28)26-17-6-4-3-5-7-17/h3-9,12,18,26H,10-11,13-14H2,1-2H3. The third-order valence-corrected chi connectivity index (χ3v) is 6.34. The van der Waals surface area contributed by atoms with Crippen LogP contribution in [-0.4, -0.2) is 39.7 Å². The number of aryl methyl sites for hydroxylation is 1. The van der Waals surface area contributed by atoms with Crippen molar-refractivity contribution >= 4 is 34.8 Å². The van der Waals surface area contributed by atoms with Crippen molar-refractivity contribution in [2.24, 2.45) is 0 Å². The van der Waals surface area contributed by atoms with Crippen LogP contribution in [0.3, 0.4) is 0 Å². The summed E-state index contributed by atoms with van der Waals surface area (Å²) in [7, 11) is 0. The van der Waals surface area contributed by atoms with Gasteiger partial charge < -0.3 is 10.2 Å². The molecular weight excluding hydrogens is 419 g/mol. The van der Waals surface area contributed by atoms with Gasteiger partial charge in [-0.3, -0.25) is 4.79 Å². The Labute approximate surface area is 186 Å². The molecule has 0 spiro atoms. The molecule has 0 bridgehead atoms. The molecular formula is C23H24Cl2N4O. The molecule has 1 saturated heterocycles. The van der Waals surface area contributed by atoms with Crippen molar-refractivity contribution in [1.82, 2.24) is 14.7 Å². The number of aromatic nitrogens is 2. The van der Waals surface area contributed by atoms with Gasteiger partial charge in [-0.05, 0) is 50.6 Å². The Hall–Kier alpha value is -2.50. The van der Waals surface area contributed by atoms with Crippen molar-refractivity contribution in [3.63, 3.8) is 0 Å². The van der Waals surface area contributed by atoms with Gasteiger partial charge in [0.1, 0.15) is 0 Å². The van der Waals surface area contributed by atoms with E-state index in [9.17, 15) is 4.79 Å². The zero-order chi connectivity index (χ0) is 21.3. The van der Waals surface area contributed by atoms with Crippen LogP contribution in [0.4, 0.5) is 5.69 Å². The highest BCUT2D eigenvalue weighted by Gasteiger charge is 2.27. The van der Waals surface area contributed by atoms with E-state index >= 15 is 0 Å². The third-order valence-electron chi connectivity index (χ3n) is 5.60. The van der Waals surface area contributed by atoms with Gasteiger partial charge in [0, 0.05) is 36.1 Å². The molecule has 0 saturated carbocycles. The number of carbonyl (C=O) groups excluding carboxylic acids is 1. The van der Waals surface area contributed by atoms with E-state index in [0.717, 1.165) is 41.3 Å². The molecule has 30 heavy (non-hydrogen) atoms. The van der Waals surface area contributed by atoms with Gasteiger partial charge in [-0.25, -0.2) is 4.68 Å². The molecule has 2 aromatic carbocycles. The fraction of sp³-hybridized carbons (Fsp3) is 0.304. The molecule has 7 heteroatoms. The van der Waals surface area contributed by atoms with Gasteiger partial charge in [-0.2, -0.15) is 5.10 Å². The topological polar surface area (TPSA) is 50.2 Å². The number of nitrogens with zero attached hydrogens (tertiary/aromatic N) is 3. The van der Waals surface area contributed by atoms with Gasteiger partial charge >= 0.3 is 0 Å². The molecule has 2 heterocycles. The number of para-hydroxylation sites is 1. The highest BCUT2D eigenvalue weighted by atomic mass is 35.5. The summed E-state index contributed by atoms with van der Waals surface area (Å²) in [5, 5.41) is 9.13. The number of amides is 1. The zero-order valence-corrected chi connectivity index (χ0v) is 18.5. The number of nitrogens with one attached hydrogen (secondary N) is 1. The van der Waals surface area contributed by atoms with Crippen LogP contribution in [0.2, 0.25) is 10.0 Å². The minimum Gasteiger partial charge on any atom is -0.380 e. The van der Waals surface area contributed by atoms with Crippen molar-refractivity contribution in [3.8, 4) is 5.69 Å². The predicted molar refractivity (Wildman–Crippen MR) is 122 cm³/mol. The third kappa shape index (κ3) is 4.32. The molecule has 3 aromatic rings. The molecule has 0 aliphatic carbocycles. The first-order valence-electron chi connectivity index (χ1n) is 10.0. The lowest BCUT2D eigenvalue weighted by Gasteiger charge is -2.18. The molecule has 0 radical (unpaired) electrons. The maximum atomic E-state index is 13.0. The number of hydrogen-bond acceptors (Lipinski definition) is 3. The van der Waals surface area contributed by atoms with Crippen molar-refractivity contribution < 1.29 is 4.79 Å². The Balaban J connectivity index is 1.45. The SMILES string of the molecule is Cc1nn(-c2ccc(Cl)c(Cl)c2)c(C)c1CC(=O)N1CCC(Nc2ccccc2)C1. The van der Waals surface area contributed by atoms with Crippen LogP contribution in [0.25, 0.3) is 5.69 Å². The summed E-state index contributed by atoms with van der Waals surface area (Å²) in [6, 6.07) is 15.8. The van der Waals surface area contributed by atoms with E-state index in [1.54, 1.807) is 12.1 Å². The van der Waals surface area contributed by atoms with E-state index in [4.69, 9.17) is 23.2 Å². The first-order valence-corrected chi connectivity index (χ1v) is 10.8. The summed E-state index contributed by atoms with van der Waals surface area (Å²) in [6.07, 6.45) is 1.29. The van der Waals surface area contributed by atoms with Gasteiger partial charge in [0.25, 0.3) is 0 Å². The molecule has 1 atom stereocenters. The van der Waals surface area contributed by atoms with Crippen LogP contribution in [0.1, 0.15) is 23.4 Å². The van der Waals surface area contributed by atoms with Gasteiger partial charge in [0.05, 0.1) is 27.8 Å². The predicted octanol–water partition coefficient (Wildman–Crippen LogP) is 5.05. The van der Waals surface area contributed by atoms with Crippen molar-refractivity contribution in [2.45, 2.75) is 32.7 Å². The molecule has 156 valence electrons. The summed E-state index contributed by atoms with van der Waals surface area (Å²) in [5.41, 5.74) is 4.68. The molecule has 1 N–H and O–H groups in total. The molecule has 1 aliphatic rings. The van der Waals surface area contributed by atoms with Gasteiger partial charge in [-0.1, -0.05) is 41.4 Å². The summed E-state index contributed by atoms with van der Waals surface area (Å²) >= 11 is 12.2. The molecule has 1 amide bonds. The lowest BCUT2D eigenvalue weighted by molar-refractivity contribution is -0.129. The van der Waals surface area contributed by atoms with Crippen LogP contribution in [0, 0.1) is 13.8 Å². The number of rotatable bonds is 5. The second kappa shape index (κ2) is 8.70. The minimum atomic E-state index is 0.132. The Bertz CT molecular complexity index is 1060. The van der Waals surface area contributed by atoms with E-state index in [2.05, 4.69) is 22.5 Å². The minimum absolute atomic E-state index is 0.132. The molecule has 1 aliphatic heterocycles. The number of halogens is 2. The van der Waals surface area contributed by atoms with E-state index < -0.39 is 0 Å². The monoisotopic (exact) mass is 442 g/mol. The smallest absolute Gasteiger partial charge is 0.227 e. The van der Waals surface area contributed by atoms with E-state index in [1.165, 1.54) is 0 Å². The first kappa shape index (κ1) is 20.8. The first-order chi connectivity index (χ1) is 14.4. The molecule has 1 aromatic heterocycles. The van der Waals surface area contributed by atoms with E-state index in [0.29, 0.717) is 23.0 Å². The summed E-state index contributed by atoms with van der Waals surface area (Å²) < 4.78 is 1.82. The highest BCUT2D eigenvalue weighted by molar-refractivity contribution is 6.42. The van der Waals surface area contributed by atoms with Crippen LogP contribution in [0.5, 0.6) is 0 Å². The van der Waals surface area contributed by atoms with Crippen molar-refractivity contribution in [1.29, 1.82) is 0 Å².